The predicted octanol–water partition coefficient (Wildman–Crippen LogP) is 0.232. The van der Waals surface area contributed by atoms with E-state index in [0.29, 0.717) is 0 Å². The molecule has 3 heteroatoms. The lowest BCUT2D eigenvalue weighted by atomic mass is 10.1. The molecule has 3 nitrogen and oxygen atoms in total. The average molecular weight is 185 g/mol. The highest BCUT2D eigenvalue weighted by molar-refractivity contribution is 4.83. The largest absolute Gasteiger partial charge is 0.314 e. The summed E-state index contributed by atoms with van der Waals surface area (Å²) in [6.45, 7) is 8.29. The van der Waals surface area contributed by atoms with E-state index in [-0.39, 0.29) is 0 Å². The van der Waals surface area contributed by atoms with Crippen LogP contribution in [0.25, 0.3) is 0 Å². The molecule has 1 aliphatic rings. The fourth-order valence-electron chi connectivity index (χ4n) is 1.72. The molecular formula is C10H23N3. The van der Waals surface area contributed by atoms with E-state index in [0.717, 1.165) is 6.04 Å². The Kier molecular flexibility index (Phi) is 4.70. The summed E-state index contributed by atoms with van der Waals surface area (Å²) in [6, 6.07) is 0.812. The molecule has 1 heterocycles. The molecule has 1 saturated heterocycles. The molecule has 0 saturated carbocycles. The molecule has 0 aromatic carbocycles. The van der Waals surface area contributed by atoms with Gasteiger partial charge in [0.15, 0.2) is 0 Å². The molecule has 0 atom stereocenters. The van der Waals surface area contributed by atoms with Crippen LogP contribution in [0.3, 0.4) is 0 Å². The van der Waals surface area contributed by atoms with Gasteiger partial charge in [0.05, 0.1) is 0 Å². The van der Waals surface area contributed by atoms with Crippen molar-refractivity contribution in [1.82, 2.24) is 15.1 Å². The maximum Gasteiger partial charge on any atom is 0.0345 e. The van der Waals surface area contributed by atoms with E-state index in [9.17, 15) is 0 Å². The normalized spacial score (nSPS) is 18.2. The lowest BCUT2D eigenvalue weighted by Crippen LogP contribution is -2.57. The summed E-state index contributed by atoms with van der Waals surface area (Å²) in [7, 11) is 4.28. The maximum absolute atomic E-state index is 3.32. The van der Waals surface area contributed by atoms with Crippen molar-refractivity contribution in [1.29, 1.82) is 0 Å². The van der Waals surface area contributed by atoms with Crippen molar-refractivity contribution < 1.29 is 0 Å². The van der Waals surface area contributed by atoms with E-state index in [1.165, 1.54) is 39.1 Å². The molecule has 1 N–H and O–H groups in total. The zero-order chi connectivity index (χ0) is 9.68. The van der Waals surface area contributed by atoms with Crippen LogP contribution in [0.1, 0.15) is 13.3 Å². The van der Waals surface area contributed by atoms with Crippen LogP contribution in [0, 0.1) is 0 Å². The summed E-state index contributed by atoms with van der Waals surface area (Å²) in [6.07, 6.45) is 1.29. The summed E-state index contributed by atoms with van der Waals surface area (Å²) < 4.78 is 0. The van der Waals surface area contributed by atoms with Crippen molar-refractivity contribution in [2.45, 2.75) is 19.4 Å². The third kappa shape index (κ3) is 3.63. The first kappa shape index (κ1) is 11.0. The van der Waals surface area contributed by atoms with Crippen LogP contribution in [-0.2, 0) is 0 Å². The van der Waals surface area contributed by atoms with Crippen LogP contribution >= 0.6 is 0 Å². The molecule has 13 heavy (non-hydrogen) atoms. The Bertz CT molecular complexity index is 132. The Morgan fingerprint density at radius 1 is 1.23 bits per heavy atom. The smallest absolute Gasteiger partial charge is 0.0345 e. The Morgan fingerprint density at radius 3 is 2.31 bits per heavy atom. The molecule has 0 spiro atoms. The van der Waals surface area contributed by atoms with Gasteiger partial charge in [-0.3, -0.25) is 4.90 Å². The molecule has 1 rings (SSSR count). The Hall–Kier alpha value is -0.120. The van der Waals surface area contributed by atoms with Crippen LogP contribution < -0.4 is 5.32 Å². The van der Waals surface area contributed by atoms with Crippen molar-refractivity contribution in [2.75, 3.05) is 46.8 Å². The van der Waals surface area contributed by atoms with Crippen molar-refractivity contribution in [3.05, 3.63) is 0 Å². The van der Waals surface area contributed by atoms with E-state index in [1.807, 2.05) is 0 Å². The lowest BCUT2D eigenvalue weighted by molar-refractivity contribution is 0.147. The third-order valence-electron chi connectivity index (χ3n) is 2.73. The van der Waals surface area contributed by atoms with Crippen molar-refractivity contribution >= 4 is 0 Å². The molecule has 0 aromatic heterocycles. The fraction of sp³-hybridized carbons (Fsp3) is 1.00. The second-order valence-electron chi connectivity index (χ2n) is 4.10. The minimum Gasteiger partial charge on any atom is -0.314 e. The number of nitrogens with one attached hydrogen (secondary N) is 1. The van der Waals surface area contributed by atoms with E-state index in [2.05, 4.69) is 36.1 Å². The highest BCUT2D eigenvalue weighted by atomic mass is 15.2. The monoisotopic (exact) mass is 185 g/mol. The zero-order valence-corrected chi connectivity index (χ0v) is 9.21. The van der Waals surface area contributed by atoms with Gasteiger partial charge < -0.3 is 10.2 Å². The summed E-state index contributed by atoms with van der Waals surface area (Å²) >= 11 is 0. The van der Waals surface area contributed by atoms with Crippen LogP contribution in [0.5, 0.6) is 0 Å². The number of rotatable bonds is 6. The Labute approximate surface area is 82.1 Å². The molecule has 0 aromatic rings. The standard InChI is InChI=1S/C10H23N3/c1-4-13(10-8-11-9-10)7-5-6-12(2)3/h10-11H,4-9H2,1-3H3. The molecule has 0 unspecified atom stereocenters. The Morgan fingerprint density at radius 2 is 1.92 bits per heavy atom. The highest BCUT2D eigenvalue weighted by Crippen LogP contribution is 2.05. The summed E-state index contributed by atoms with van der Waals surface area (Å²) in [5.41, 5.74) is 0. The van der Waals surface area contributed by atoms with Crippen LogP contribution in [0.2, 0.25) is 0 Å². The van der Waals surface area contributed by atoms with E-state index in [1.54, 1.807) is 0 Å². The highest BCUT2D eigenvalue weighted by Gasteiger charge is 2.22. The molecule has 1 aliphatic heterocycles. The minimum absolute atomic E-state index is 0.812. The number of nitrogens with zero attached hydrogens (tertiary/aromatic N) is 2. The van der Waals surface area contributed by atoms with Crippen molar-refractivity contribution in [2.24, 2.45) is 0 Å². The van der Waals surface area contributed by atoms with Gasteiger partial charge in [0.1, 0.15) is 0 Å². The maximum atomic E-state index is 3.32. The topological polar surface area (TPSA) is 18.5 Å². The third-order valence-corrected chi connectivity index (χ3v) is 2.73. The quantitative estimate of drug-likeness (QED) is 0.639. The summed E-state index contributed by atoms with van der Waals surface area (Å²) in [5, 5.41) is 3.32. The number of hydrogen-bond donors (Lipinski definition) is 1. The van der Waals surface area contributed by atoms with Crippen LogP contribution in [0.15, 0.2) is 0 Å². The first-order valence-corrected chi connectivity index (χ1v) is 5.33. The van der Waals surface area contributed by atoms with Gasteiger partial charge in [-0.05, 0) is 40.2 Å². The predicted molar refractivity (Wildman–Crippen MR) is 57.1 cm³/mol. The second kappa shape index (κ2) is 5.58. The SMILES string of the molecule is CCN(CCCN(C)C)C1CNC1. The van der Waals surface area contributed by atoms with Crippen LogP contribution in [-0.4, -0.2) is 62.7 Å². The average Bonchev–Trinajstić information content (AvgIpc) is 1.98. The fourth-order valence-corrected chi connectivity index (χ4v) is 1.72. The molecule has 0 bridgehead atoms. The first-order chi connectivity index (χ1) is 6.24. The van der Waals surface area contributed by atoms with Gasteiger partial charge in [0.25, 0.3) is 0 Å². The van der Waals surface area contributed by atoms with E-state index in [4.69, 9.17) is 0 Å². The van der Waals surface area contributed by atoms with Gasteiger partial charge in [-0.25, -0.2) is 0 Å². The number of likely N-dealkylation sites (N-methyl/N-ethyl adjacent to an activating group) is 1. The van der Waals surface area contributed by atoms with Gasteiger partial charge in [-0.15, -0.1) is 0 Å². The van der Waals surface area contributed by atoms with Gasteiger partial charge in [-0.2, -0.15) is 0 Å². The summed E-state index contributed by atoms with van der Waals surface area (Å²) in [5.74, 6) is 0. The molecule has 1 fully saturated rings. The zero-order valence-electron chi connectivity index (χ0n) is 9.21. The van der Waals surface area contributed by atoms with Crippen molar-refractivity contribution in [3.63, 3.8) is 0 Å². The van der Waals surface area contributed by atoms with Gasteiger partial charge in [0.2, 0.25) is 0 Å². The molecule has 0 aliphatic carbocycles. The second-order valence-corrected chi connectivity index (χ2v) is 4.10. The Balaban J connectivity index is 2.08. The van der Waals surface area contributed by atoms with Crippen LogP contribution in [0.4, 0.5) is 0 Å². The molecule has 78 valence electrons. The molecular weight excluding hydrogens is 162 g/mol. The van der Waals surface area contributed by atoms with E-state index < -0.39 is 0 Å². The van der Waals surface area contributed by atoms with E-state index >= 15 is 0 Å². The minimum atomic E-state index is 0.812. The molecule has 0 radical (unpaired) electrons. The summed E-state index contributed by atoms with van der Waals surface area (Å²) in [4.78, 5) is 4.84. The van der Waals surface area contributed by atoms with Gasteiger partial charge in [-0.1, -0.05) is 6.92 Å². The first-order valence-electron chi connectivity index (χ1n) is 5.33. The lowest BCUT2D eigenvalue weighted by Gasteiger charge is -2.37. The van der Waals surface area contributed by atoms with Gasteiger partial charge in [0, 0.05) is 19.1 Å². The van der Waals surface area contributed by atoms with Crippen molar-refractivity contribution in [3.8, 4) is 0 Å². The van der Waals surface area contributed by atoms with Gasteiger partial charge >= 0.3 is 0 Å². The molecule has 0 amide bonds. The number of hydrogen-bond acceptors (Lipinski definition) is 3.